The molecule has 1 heterocycles. The Morgan fingerprint density at radius 2 is 0.333 bits per heavy atom. The second-order valence-electron chi connectivity index (χ2n) is 16.8. The van der Waals surface area contributed by atoms with Gasteiger partial charge in [-0.05, 0) is 60.1 Å². The summed E-state index contributed by atoms with van der Waals surface area (Å²) in [6.07, 6.45) is 0. The van der Waals surface area contributed by atoms with Crippen LogP contribution in [0.4, 0.5) is 0 Å². The molecular formula is C42B26O. The Hall–Kier alpha value is -3.97. The minimum absolute atomic E-state index is 0.00149. The van der Waals surface area contributed by atoms with E-state index in [-0.39, 0.29) is 230 Å². The van der Waals surface area contributed by atoms with Crippen molar-refractivity contribution in [2.45, 2.75) is 0 Å². The van der Waals surface area contributed by atoms with Crippen LogP contribution in [0.1, 0.15) is 0 Å². The predicted molar refractivity (Wildman–Crippen MR) is 323 cm³/mol. The first-order chi connectivity index (χ1) is 32.2. The number of hydrogen-bond donors (Lipinski definition) is 0. The van der Waals surface area contributed by atoms with Crippen molar-refractivity contribution in [2.75, 3.05) is 0 Å². The molecule has 8 aromatic carbocycles. The van der Waals surface area contributed by atoms with Gasteiger partial charge < -0.3 is 4.42 Å². The normalized spacial score (nSPS) is 11.8. The smallest absolute Gasteiger partial charge is 0.141 e. The number of rotatable bonds is 3. The first-order valence-corrected chi connectivity index (χ1v) is 20.2. The minimum Gasteiger partial charge on any atom is -0.456 e. The molecule has 0 aliphatic carbocycles. The van der Waals surface area contributed by atoms with Crippen molar-refractivity contribution in [1.29, 1.82) is 0 Å². The maximum Gasteiger partial charge on any atom is 0.141 e. The Balaban J connectivity index is 1.56. The molecule has 52 radical (unpaired) electrons. The summed E-state index contributed by atoms with van der Waals surface area (Å²) in [5, 5.41) is 0.405. The van der Waals surface area contributed by atoms with Gasteiger partial charge in [-0.1, -0.05) is 87.4 Å². The van der Waals surface area contributed by atoms with Crippen LogP contribution in [0.2, 0.25) is 0 Å². The fraction of sp³-hybridized carbons (Fsp3) is 0. The summed E-state index contributed by atoms with van der Waals surface area (Å²) in [4.78, 5) is 0. The van der Waals surface area contributed by atoms with Crippen molar-refractivity contribution >= 4 is 400 Å². The van der Waals surface area contributed by atoms with Gasteiger partial charge in [0.15, 0.2) is 0 Å². The molecule has 0 aliphatic heterocycles. The number of furan rings is 1. The lowest BCUT2D eigenvalue weighted by atomic mass is 9.55. The zero-order chi connectivity index (χ0) is 51.0. The molecule has 0 aliphatic rings. The third kappa shape index (κ3) is 6.41. The largest absolute Gasteiger partial charge is 0.456 e. The van der Waals surface area contributed by atoms with E-state index in [0.717, 1.165) is 0 Å². The van der Waals surface area contributed by atoms with E-state index in [0.29, 0.717) is 0 Å². The summed E-state index contributed by atoms with van der Waals surface area (Å²) in [6, 6.07) is 0. The molecule has 9 rings (SSSR count). The molecule has 0 bridgehead atoms. The SMILES string of the molecule is [B]c1c([B])c(-c2c3c([B])c([B])c([B])c([B])c3c(-c3c([B])c([B])c([B])c4c([B])c([B])c([B])c([B])c34)c3c([B])c([B])c([B])c([B])c23)c([B])c([B])c1-c1c([B])c([B])c([B])c2c1oc1c([B])c([B])c([B])c([B])c12. The molecule has 0 fully saturated rings. The monoisotopic (exact) mass is 806 g/mol. The van der Waals surface area contributed by atoms with Crippen LogP contribution in [0.25, 0.3) is 87.6 Å². The summed E-state index contributed by atoms with van der Waals surface area (Å²) in [5.41, 5.74) is -4.11. The summed E-state index contributed by atoms with van der Waals surface area (Å²) < 4.78 is 6.35. The zero-order valence-electron chi connectivity index (χ0n) is 36.4. The average Bonchev–Trinajstić information content (AvgIpc) is 3.72. The molecule has 0 saturated carbocycles. The van der Waals surface area contributed by atoms with Crippen LogP contribution in [0.3, 0.4) is 0 Å². The topological polar surface area (TPSA) is 13.1 Å². The van der Waals surface area contributed by atoms with Gasteiger partial charge in [0.05, 0.1) is 0 Å². The summed E-state index contributed by atoms with van der Waals surface area (Å²) in [5.74, 6) is 0. The van der Waals surface area contributed by atoms with E-state index in [1.54, 1.807) is 0 Å². The molecule has 0 saturated heterocycles. The maximum atomic E-state index is 7.17. The number of hydrogen-bond acceptors (Lipinski definition) is 1. The van der Waals surface area contributed by atoms with Crippen molar-refractivity contribution in [1.82, 2.24) is 0 Å². The van der Waals surface area contributed by atoms with Crippen LogP contribution in [-0.4, -0.2) is 204 Å². The fourth-order valence-corrected chi connectivity index (χ4v) is 9.63. The molecular weight excluding hydrogens is 802 g/mol. The van der Waals surface area contributed by atoms with Crippen LogP contribution < -0.4 is 142 Å². The van der Waals surface area contributed by atoms with Crippen molar-refractivity contribution in [3.8, 4) is 33.4 Å². The summed E-state index contributed by atoms with van der Waals surface area (Å²) >= 11 is 0. The highest BCUT2D eigenvalue weighted by atomic mass is 16.3. The third-order valence-electron chi connectivity index (χ3n) is 13.4. The maximum absolute atomic E-state index is 7.17. The van der Waals surface area contributed by atoms with E-state index in [1.807, 2.05) is 0 Å². The lowest BCUT2D eigenvalue weighted by Crippen LogP contribution is -2.53. The molecule has 0 amide bonds. The highest BCUT2D eigenvalue weighted by molar-refractivity contribution is 6.77. The first kappa shape index (κ1) is 50.0. The fourth-order valence-electron chi connectivity index (χ4n) is 9.63. The molecule has 0 atom stereocenters. The highest BCUT2D eigenvalue weighted by Crippen LogP contribution is 2.41. The second kappa shape index (κ2) is 16.8. The standard InChI is InChI=1S/C42B26O/c43-15-5(8-10(25(53)30(15)58)26(54)37(65)36(64)20(8)48)1-3-6(18(46)34(62)32(60)16(3)44)2(7-4(1)17(45)33(61)35(63)19(7)47)9-21(49)23(51)11(24(52)22(9)50)12-27(55)31(59)28(56)13-14-29(57)38(66)39(67)40(68)42(14)69-41(12)13. The van der Waals surface area contributed by atoms with E-state index >= 15 is 0 Å². The van der Waals surface area contributed by atoms with Crippen molar-refractivity contribution in [3.63, 3.8) is 0 Å². The lowest BCUT2D eigenvalue weighted by Gasteiger charge is -2.33. The summed E-state index contributed by atoms with van der Waals surface area (Å²) in [6.45, 7) is 0. The lowest BCUT2D eigenvalue weighted by molar-refractivity contribution is 0.673. The van der Waals surface area contributed by atoms with Gasteiger partial charge in [-0.3, -0.25) is 0 Å². The average molecular weight is 802 g/mol. The van der Waals surface area contributed by atoms with E-state index < -0.39 is 0 Å². The van der Waals surface area contributed by atoms with Gasteiger partial charge in [0.1, 0.15) is 215 Å². The third-order valence-corrected chi connectivity index (χ3v) is 13.4. The molecule has 0 unspecified atom stereocenters. The van der Waals surface area contributed by atoms with Gasteiger partial charge in [-0.25, -0.2) is 0 Å². The quantitative estimate of drug-likeness (QED) is 0.128. The zero-order valence-corrected chi connectivity index (χ0v) is 36.4. The Morgan fingerprint density at radius 3 is 0.681 bits per heavy atom. The van der Waals surface area contributed by atoms with Gasteiger partial charge in [0.2, 0.25) is 0 Å². The van der Waals surface area contributed by atoms with Crippen LogP contribution in [0, 0.1) is 0 Å². The van der Waals surface area contributed by atoms with Crippen LogP contribution in [-0.2, 0) is 0 Å². The molecule has 252 valence electrons. The van der Waals surface area contributed by atoms with Crippen molar-refractivity contribution < 1.29 is 4.42 Å². The molecule has 27 heteroatoms. The number of fused-ring (bicyclic) bond motifs is 6. The minimum atomic E-state index is -0.262. The summed E-state index contributed by atoms with van der Waals surface area (Å²) in [7, 11) is 175. The Morgan fingerprint density at radius 1 is 0.130 bits per heavy atom. The van der Waals surface area contributed by atoms with Gasteiger partial charge in [-0.2, -0.15) is 0 Å². The van der Waals surface area contributed by atoms with Gasteiger partial charge in [0, 0.05) is 16.3 Å². The van der Waals surface area contributed by atoms with E-state index in [2.05, 4.69) is 0 Å². The van der Waals surface area contributed by atoms with Crippen LogP contribution >= 0.6 is 0 Å². The van der Waals surface area contributed by atoms with E-state index in [9.17, 15) is 0 Å². The van der Waals surface area contributed by atoms with E-state index in [1.165, 1.54) is 0 Å². The molecule has 0 N–H and O–H groups in total. The van der Waals surface area contributed by atoms with Gasteiger partial charge in [-0.15, -0.1) is 54.6 Å². The molecule has 1 aromatic heterocycles. The molecule has 9 aromatic rings. The van der Waals surface area contributed by atoms with E-state index in [4.69, 9.17) is 208 Å². The molecule has 69 heavy (non-hydrogen) atoms. The molecule has 0 spiro atoms. The Bertz CT molecular complexity index is 3850. The van der Waals surface area contributed by atoms with Crippen LogP contribution in [0.15, 0.2) is 4.42 Å². The Labute approximate surface area is 435 Å². The molecule has 1 nitrogen and oxygen atoms in total. The van der Waals surface area contributed by atoms with Crippen molar-refractivity contribution in [3.05, 3.63) is 0 Å². The van der Waals surface area contributed by atoms with Gasteiger partial charge >= 0.3 is 0 Å². The first-order valence-electron chi connectivity index (χ1n) is 20.2. The second-order valence-corrected chi connectivity index (χ2v) is 16.8. The number of benzene rings is 8. The van der Waals surface area contributed by atoms with Crippen molar-refractivity contribution in [2.24, 2.45) is 0 Å². The Kier molecular flexibility index (Phi) is 12.2. The highest BCUT2D eigenvalue weighted by Gasteiger charge is 2.31. The van der Waals surface area contributed by atoms with Crippen LogP contribution in [0.5, 0.6) is 0 Å². The predicted octanol–water partition coefficient (Wildman–Crippen LogP) is -19.3. The van der Waals surface area contributed by atoms with Gasteiger partial charge in [0.25, 0.3) is 0 Å².